The van der Waals surface area contributed by atoms with Crippen LogP contribution in [0.5, 0.6) is 0 Å². The van der Waals surface area contributed by atoms with Crippen molar-refractivity contribution < 1.29 is 149 Å². The minimum Gasteiger partial charge on any atom is -0.502 e. The standard InChI is InChI=1S/C11H22O2.C8H14O4.C8H16O3.C7H11F3O2.C7H14O2.C6H12O3.C5H7F3O2.C5H10O2.C4H8O2.C3H3F3O/c1-3-5-6-7-8-12-9-11(4-2)10-13-11;1-10-4-2-3-8(9)12-6-7-5-11-7;1-9-4-2-3-5-10-6-8-7-11-8;1-11-4-2-3-5-12-7(10)6(8)9;1-3-9-7-5-4-6-8-2;1-7-2-3-8-4-6-5-9-6;1-9-2-3-10-5(8)4(6)7;1-3-7-5-4-6-2;1-5-2-4-3-6-4;1-7-3(6)2(4)5/h3-10H2,1-2H3;7H,2-6H2,1H3;8H,2-7H2,1H3;2-5H2,1H3;3H,1,4-7H2,2H3;6H,2-5H2,1H3;2-3H2,1H3;3H,1,4-5H2,2H3;4H,2-3H2,1H3;1H3. The van der Waals surface area contributed by atoms with Crippen molar-refractivity contribution in [3.63, 3.8) is 0 Å². The summed E-state index contributed by atoms with van der Waals surface area (Å²) in [5.41, 5.74) is 0.116. The second-order valence-electron chi connectivity index (χ2n) is 19.8. The molecule has 0 aromatic rings. The summed E-state index contributed by atoms with van der Waals surface area (Å²) in [6.45, 7) is 26.6. The number of halogens is 9. The van der Waals surface area contributed by atoms with Crippen molar-refractivity contribution in [1.82, 2.24) is 0 Å². The van der Waals surface area contributed by atoms with E-state index >= 15 is 0 Å². The van der Waals surface area contributed by atoms with E-state index in [9.17, 15) is 44.3 Å². The SMILES string of the molecule is C=COCCCCOC.C=COCCOC.CCCCCCOCC1(CC)CO1.COC(F)=C(F)F.COCC1CO1.COCCCC(=O)OCC1CO1.COCCCCOC(F)=C(F)F.COCCCCOCC1CO1.COCCOC(F)=C(F)F.COCCOCC1CO1. The Labute approximate surface area is 564 Å². The summed E-state index contributed by atoms with van der Waals surface area (Å²) in [4.78, 5) is 10.9. The van der Waals surface area contributed by atoms with Gasteiger partial charge in [-0.3, -0.25) is 4.79 Å². The van der Waals surface area contributed by atoms with E-state index in [1.165, 1.54) is 52.4 Å². The summed E-state index contributed by atoms with van der Waals surface area (Å²) in [6.07, 6.45) is 9.74. The second kappa shape index (κ2) is 79.9. The van der Waals surface area contributed by atoms with Gasteiger partial charge in [0.15, 0.2) is 0 Å². The smallest absolute Gasteiger partial charge is 0.342 e. The predicted octanol–water partition coefficient (Wildman–Crippen LogP) is 12.2. The largest absolute Gasteiger partial charge is 0.502 e. The summed E-state index contributed by atoms with van der Waals surface area (Å²) in [5, 5.41) is 0. The first-order valence-electron chi connectivity index (χ1n) is 31.6. The topological polar surface area (TPSA) is 237 Å². The highest BCUT2D eigenvalue weighted by Crippen LogP contribution is 2.30. The van der Waals surface area contributed by atoms with Gasteiger partial charge < -0.3 is 104 Å². The van der Waals surface area contributed by atoms with Gasteiger partial charge in [0.2, 0.25) is 0 Å². The zero-order valence-electron chi connectivity index (χ0n) is 58.8. The van der Waals surface area contributed by atoms with Crippen molar-refractivity contribution in [3.8, 4) is 0 Å². The van der Waals surface area contributed by atoms with Gasteiger partial charge in [0.1, 0.15) is 49.8 Å². The van der Waals surface area contributed by atoms with Crippen molar-refractivity contribution >= 4 is 5.97 Å². The molecule has 0 saturated carbocycles. The van der Waals surface area contributed by atoms with E-state index in [1.54, 1.807) is 42.7 Å². The number of hydrogen-bond donors (Lipinski definition) is 0. The van der Waals surface area contributed by atoms with Crippen LogP contribution in [0.3, 0.4) is 0 Å². The van der Waals surface area contributed by atoms with Gasteiger partial charge in [-0.2, -0.15) is 39.5 Å². The number of unbranched alkanes of at least 4 members (excludes halogenated alkanes) is 6. The van der Waals surface area contributed by atoms with Gasteiger partial charge in [-0.25, -0.2) is 0 Å². The molecule has 0 bridgehead atoms. The Morgan fingerprint density at radius 1 is 0.406 bits per heavy atom. The fourth-order valence-electron chi connectivity index (χ4n) is 5.51. The highest BCUT2D eigenvalue weighted by Gasteiger charge is 2.43. The third-order valence-corrected chi connectivity index (χ3v) is 11.4. The highest BCUT2D eigenvalue weighted by atomic mass is 19.3. The molecule has 5 aliphatic rings. The molecular weight excluding hydrogens is 1310 g/mol. The Morgan fingerprint density at radius 3 is 1.18 bits per heavy atom. The molecule has 0 radical (unpaired) electrons. The molecule has 32 heteroatoms. The molecule has 23 nitrogen and oxygen atoms in total. The number of carbonyl (C=O) groups excluding carboxylic acids is 1. The molecule has 574 valence electrons. The lowest BCUT2D eigenvalue weighted by molar-refractivity contribution is -0.144. The van der Waals surface area contributed by atoms with E-state index in [4.69, 9.17) is 75.8 Å². The normalized spacial score (nSPS) is 17.0. The third kappa shape index (κ3) is 92.0. The van der Waals surface area contributed by atoms with E-state index in [0.717, 1.165) is 138 Å². The zero-order chi connectivity index (χ0) is 73.0. The number of epoxide rings is 5. The van der Waals surface area contributed by atoms with Gasteiger partial charge in [-0.1, -0.05) is 46.3 Å². The first kappa shape index (κ1) is 101. The Bertz CT molecular complexity index is 1740. The van der Waals surface area contributed by atoms with Gasteiger partial charge in [0, 0.05) is 103 Å². The van der Waals surface area contributed by atoms with Crippen molar-refractivity contribution in [2.45, 2.75) is 127 Å². The molecule has 0 N–H and O–H groups in total. The fourth-order valence-corrected chi connectivity index (χ4v) is 5.51. The highest BCUT2D eigenvalue weighted by molar-refractivity contribution is 5.69. The Hall–Kier alpha value is -4.10. The van der Waals surface area contributed by atoms with Crippen LogP contribution in [-0.4, -0.2) is 259 Å². The lowest BCUT2D eigenvalue weighted by atomic mass is 10.1. The summed E-state index contributed by atoms with van der Waals surface area (Å²) in [7, 11) is 13.7. The molecule has 0 aliphatic carbocycles. The van der Waals surface area contributed by atoms with E-state index < -0.39 is 36.3 Å². The number of carbonyl (C=O) groups is 1. The van der Waals surface area contributed by atoms with Gasteiger partial charge in [-0.15, -0.1) is 0 Å². The summed E-state index contributed by atoms with van der Waals surface area (Å²) in [5.74, 6) is -0.164. The fraction of sp³-hybridized carbons (Fsp3) is 0.828. The quantitative estimate of drug-likeness (QED) is 0.0181. The predicted molar refractivity (Wildman–Crippen MR) is 340 cm³/mol. The van der Waals surface area contributed by atoms with Gasteiger partial charge in [-0.05, 0) is 57.8 Å². The van der Waals surface area contributed by atoms with Crippen molar-refractivity contribution in [2.24, 2.45) is 0 Å². The molecule has 0 spiro atoms. The molecule has 5 aliphatic heterocycles. The van der Waals surface area contributed by atoms with Crippen LogP contribution < -0.4 is 0 Å². The van der Waals surface area contributed by atoms with Crippen molar-refractivity contribution in [1.29, 1.82) is 0 Å². The van der Waals surface area contributed by atoms with E-state index in [-0.39, 0.29) is 37.5 Å². The molecular formula is C64H117F9O23. The van der Waals surface area contributed by atoms with Crippen molar-refractivity contribution in [2.75, 3.05) is 223 Å². The molecule has 96 heavy (non-hydrogen) atoms. The van der Waals surface area contributed by atoms with E-state index in [2.05, 4.69) is 55.4 Å². The van der Waals surface area contributed by atoms with Crippen LogP contribution in [0.2, 0.25) is 0 Å². The first-order valence-corrected chi connectivity index (χ1v) is 31.6. The van der Waals surface area contributed by atoms with Crippen LogP contribution in [0.1, 0.15) is 97.3 Å². The minimum atomic E-state index is -2.45. The summed E-state index contributed by atoms with van der Waals surface area (Å²) < 4.78 is 206. The molecule has 5 rings (SSSR count). The molecule has 5 fully saturated rings. The van der Waals surface area contributed by atoms with Crippen LogP contribution in [0.25, 0.3) is 0 Å². The molecule has 5 unspecified atom stereocenters. The van der Waals surface area contributed by atoms with Crippen LogP contribution in [0, 0.1) is 0 Å². The maximum atomic E-state index is 11.9. The Balaban J connectivity index is -0.000000322. The van der Waals surface area contributed by atoms with Gasteiger partial charge >= 0.3 is 42.3 Å². The Kier molecular flexibility index (Phi) is 83.7. The van der Waals surface area contributed by atoms with Crippen LogP contribution in [-0.2, 0) is 109 Å². The lowest BCUT2D eigenvalue weighted by Gasteiger charge is -2.09. The number of esters is 1. The number of hydrogen-bond acceptors (Lipinski definition) is 23. The molecule has 0 aromatic carbocycles. The van der Waals surface area contributed by atoms with Crippen LogP contribution in [0.4, 0.5) is 39.5 Å². The average molecular weight is 1430 g/mol. The van der Waals surface area contributed by atoms with E-state index in [0.29, 0.717) is 83.8 Å². The van der Waals surface area contributed by atoms with Gasteiger partial charge in [0.05, 0.1) is 119 Å². The molecule has 0 aromatic heterocycles. The maximum Gasteiger partial charge on any atom is 0.342 e. The minimum absolute atomic E-state index is 0.0491. The van der Waals surface area contributed by atoms with Crippen molar-refractivity contribution in [3.05, 3.63) is 62.0 Å². The Morgan fingerprint density at radius 2 is 0.781 bits per heavy atom. The molecule has 0 amide bonds. The summed E-state index contributed by atoms with van der Waals surface area (Å²) >= 11 is 0. The number of methoxy groups -OCH3 is 9. The molecule has 5 heterocycles. The maximum absolute atomic E-state index is 11.9. The van der Waals surface area contributed by atoms with Crippen LogP contribution in [0.15, 0.2) is 62.0 Å². The number of ether oxygens (including phenoxy) is 22. The summed E-state index contributed by atoms with van der Waals surface area (Å²) in [6, 6.07) is -5.44. The first-order chi connectivity index (χ1) is 46.3. The lowest BCUT2D eigenvalue weighted by Crippen LogP contribution is -2.18. The third-order valence-electron chi connectivity index (χ3n) is 11.4. The van der Waals surface area contributed by atoms with Crippen LogP contribution >= 0.6 is 0 Å². The monoisotopic (exact) mass is 1420 g/mol. The zero-order valence-corrected chi connectivity index (χ0v) is 58.8. The average Bonchev–Trinajstić information content (AvgIpc) is 1.75. The molecule has 5 atom stereocenters. The molecule has 5 saturated heterocycles. The number of rotatable bonds is 49. The second-order valence-corrected chi connectivity index (χ2v) is 19.8. The van der Waals surface area contributed by atoms with Gasteiger partial charge in [0.25, 0.3) is 0 Å². The van der Waals surface area contributed by atoms with E-state index in [1.807, 2.05) is 0 Å².